The summed E-state index contributed by atoms with van der Waals surface area (Å²) < 4.78 is 27.4. The highest BCUT2D eigenvalue weighted by Crippen LogP contribution is 2.28. The Morgan fingerprint density at radius 2 is 1.84 bits per heavy atom. The number of nitrogens with two attached hydrogens (primary N) is 1. The third-order valence-corrected chi connectivity index (χ3v) is 5.37. The third kappa shape index (κ3) is 3.55. The Labute approximate surface area is 115 Å². The lowest BCUT2D eigenvalue weighted by atomic mass is 9.99. The lowest BCUT2D eigenvalue weighted by molar-refractivity contribution is 0.405. The van der Waals surface area contributed by atoms with Crippen molar-refractivity contribution in [2.45, 2.75) is 43.5 Å². The predicted octanol–water partition coefficient (Wildman–Crippen LogP) is 1.79. The number of nitrogens with one attached hydrogen (secondary N) is 1. The van der Waals surface area contributed by atoms with E-state index in [1.54, 1.807) is 12.1 Å². The molecule has 5 heteroatoms. The van der Waals surface area contributed by atoms with Crippen molar-refractivity contribution in [3.05, 3.63) is 29.8 Å². The smallest absolute Gasteiger partial charge is 0.240 e. The molecule has 1 aliphatic rings. The molecule has 0 amide bonds. The van der Waals surface area contributed by atoms with Crippen molar-refractivity contribution >= 4 is 10.0 Å². The predicted molar refractivity (Wildman–Crippen MR) is 76.3 cm³/mol. The summed E-state index contributed by atoms with van der Waals surface area (Å²) >= 11 is 0. The van der Waals surface area contributed by atoms with Crippen molar-refractivity contribution in [3.8, 4) is 0 Å². The summed E-state index contributed by atoms with van der Waals surface area (Å²) in [4.78, 5) is 0.314. The van der Waals surface area contributed by atoms with Crippen LogP contribution in [0.4, 0.5) is 0 Å². The summed E-state index contributed by atoms with van der Waals surface area (Å²) in [6.07, 6.45) is 4.48. The van der Waals surface area contributed by atoms with E-state index < -0.39 is 10.0 Å². The molecular weight excluding hydrogens is 260 g/mol. The molecule has 1 aliphatic carbocycles. The van der Waals surface area contributed by atoms with E-state index in [2.05, 4.69) is 4.72 Å². The standard InChI is InChI=1S/C14H22N2O2S/c1-11-6-8-13(9-7-11)19(17,18)16-14(10-15)12-4-2-3-5-12/h6-9,12,14,16H,2-5,10,15H2,1H3. The van der Waals surface area contributed by atoms with Gasteiger partial charge in [-0.2, -0.15) is 0 Å². The normalized spacial score (nSPS) is 18.6. The second-order valence-electron chi connectivity index (χ2n) is 5.32. The maximum Gasteiger partial charge on any atom is 0.240 e. The largest absolute Gasteiger partial charge is 0.329 e. The van der Waals surface area contributed by atoms with Crippen LogP contribution in [-0.4, -0.2) is 21.0 Å². The van der Waals surface area contributed by atoms with Crippen molar-refractivity contribution in [2.24, 2.45) is 11.7 Å². The SMILES string of the molecule is Cc1ccc(S(=O)(=O)NC(CN)C2CCCC2)cc1. The van der Waals surface area contributed by atoms with Crippen molar-refractivity contribution in [1.29, 1.82) is 0 Å². The van der Waals surface area contributed by atoms with Gasteiger partial charge in [0.05, 0.1) is 4.90 Å². The molecule has 3 N–H and O–H groups in total. The number of aryl methyl sites for hydroxylation is 1. The van der Waals surface area contributed by atoms with Crippen LogP contribution in [0.2, 0.25) is 0 Å². The van der Waals surface area contributed by atoms with Gasteiger partial charge >= 0.3 is 0 Å². The molecule has 0 aliphatic heterocycles. The number of benzene rings is 1. The summed E-state index contributed by atoms with van der Waals surface area (Å²) in [7, 11) is -3.46. The van der Waals surface area contributed by atoms with Gasteiger partial charge in [0.1, 0.15) is 0 Å². The molecule has 0 bridgehead atoms. The van der Waals surface area contributed by atoms with Crippen molar-refractivity contribution < 1.29 is 8.42 Å². The molecule has 2 rings (SSSR count). The highest BCUT2D eigenvalue weighted by molar-refractivity contribution is 7.89. The monoisotopic (exact) mass is 282 g/mol. The molecule has 19 heavy (non-hydrogen) atoms. The molecule has 1 atom stereocenters. The Balaban J connectivity index is 2.13. The zero-order valence-electron chi connectivity index (χ0n) is 11.3. The minimum absolute atomic E-state index is 0.145. The lowest BCUT2D eigenvalue weighted by Crippen LogP contribution is -2.44. The van der Waals surface area contributed by atoms with Crippen LogP contribution in [0.1, 0.15) is 31.2 Å². The van der Waals surface area contributed by atoms with E-state index in [9.17, 15) is 8.42 Å². The first-order valence-electron chi connectivity index (χ1n) is 6.82. The van der Waals surface area contributed by atoms with E-state index >= 15 is 0 Å². The highest BCUT2D eigenvalue weighted by Gasteiger charge is 2.28. The Morgan fingerprint density at radius 3 is 2.37 bits per heavy atom. The fraction of sp³-hybridized carbons (Fsp3) is 0.571. The summed E-state index contributed by atoms with van der Waals surface area (Å²) in [5.74, 6) is 0.380. The fourth-order valence-corrected chi connectivity index (χ4v) is 4.00. The average Bonchev–Trinajstić information content (AvgIpc) is 2.90. The van der Waals surface area contributed by atoms with Gasteiger partial charge in [0.15, 0.2) is 0 Å². The molecule has 4 nitrogen and oxygen atoms in total. The third-order valence-electron chi connectivity index (χ3n) is 3.86. The molecule has 0 spiro atoms. The number of hydrogen-bond donors (Lipinski definition) is 2. The van der Waals surface area contributed by atoms with Crippen LogP contribution < -0.4 is 10.5 Å². The van der Waals surface area contributed by atoms with E-state index in [-0.39, 0.29) is 6.04 Å². The van der Waals surface area contributed by atoms with E-state index in [1.807, 2.05) is 19.1 Å². The van der Waals surface area contributed by atoms with E-state index in [1.165, 1.54) is 12.8 Å². The van der Waals surface area contributed by atoms with Gasteiger partial charge in [-0.05, 0) is 37.8 Å². The van der Waals surface area contributed by atoms with Crippen LogP contribution in [0.5, 0.6) is 0 Å². The van der Waals surface area contributed by atoms with Gasteiger partial charge in [-0.3, -0.25) is 0 Å². The highest BCUT2D eigenvalue weighted by atomic mass is 32.2. The Kier molecular flexibility index (Phi) is 4.60. The molecule has 1 saturated carbocycles. The van der Waals surface area contributed by atoms with Crippen LogP contribution >= 0.6 is 0 Å². The molecule has 0 radical (unpaired) electrons. The molecule has 0 heterocycles. The van der Waals surface area contributed by atoms with Crippen LogP contribution in [0, 0.1) is 12.8 Å². The first-order chi connectivity index (χ1) is 9.03. The molecular formula is C14H22N2O2S. The van der Waals surface area contributed by atoms with Gasteiger partial charge < -0.3 is 5.73 Å². The summed E-state index contributed by atoms with van der Waals surface area (Å²) in [5.41, 5.74) is 6.78. The molecule has 1 aromatic rings. The molecule has 0 saturated heterocycles. The summed E-state index contributed by atoms with van der Waals surface area (Å²) in [6, 6.07) is 6.75. The van der Waals surface area contributed by atoms with Crippen molar-refractivity contribution in [2.75, 3.05) is 6.54 Å². The van der Waals surface area contributed by atoms with Gasteiger partial charge in [0.2, 0.25) is 10.0 Å². The number of rotatable bonds is 5. The topological polar surface area (TPSA) is 72.2 Å². The van der Waals surface area contributed by atoms with Crippen LogP contribution in [0.25, 0.3) is 0 Å². The van der Waals surface area contributed by atoms with E-state index in [4.69, 9.17) is 5.73 Å². The molecule has 106 valence electrons. The first kappa shape index (κ1) is 14.5. The second-order valence-corrected chi connectivity index (χ2v) is 7.04. The Bertz CT molecular complexity index is 505. The Morgan fingerprint density at radius 1 is 1.26 bits per heavy atom. The minimum atomic E-state index is -3.46. The molecule has 0 aromatic heterocycles. The van der Waals surface area contributed by atoms with Gasteiger partial charge in [-0.15, -0.1) is 0 Å². The van der Waals surface area contributed by atoms with Gasteiger partial charge in [-0.25, -0.2) is 13.1 Å². The number of sulfonamides is 1. The van der Waals surface area contributed by atoms with Crippen molar-refractivity contribution in [1.82, 2.24) is 4.72 Å². The zero-order valence-corrected chi connectivity index (χ0v) is 12.1. The second kappa shape index (κ2) is 6.03. The Hall–Kier alpha value is -0.910. The van der Waals surface area contributed by atoms with E-state index in [0.29, 0.717) is 17.4 Å². The average molecular weight is 282 g/mol. The molecule has 1 aromatic carbocycles. The van der Waals surface area contributed by atoms with Crippen molar-refractivity contribution in [3.63, 3.8) is 0 Å². The van der Waals surface area contributed by atoms with Crippen LogP contribution in [-0.2, 0) is 10.0 Å². The number of hydrogen-bond acceptors (Lipinski definition) is 3. The minimum Gasteiger partial charge on any atom is -0.329 e. The summed E-state index contributed by atoms with van der Waals surface area (Å²) in [5, 5.41) is 0. The van der Waals surface area contributed by atoms with Crippen LogP contribution in [0.15, 0.2) is 29.2 Å². The quantitative estimate of drug-likeness (QED) is 0.865. The van der Waals surface area contributed by atoms with Gasteiger partial charge in [0.25, 0.3) is 0 Å². The first-order valence-corrected chi connectivity index (χ1v) is 8.30. The molecule has 1 fully saturated rings. The zero-order chi connectivity index (χ0) is 13.9. The van der Waals surface area contributed by atoms with Gasteiger partial charge in [0, 0.05) is 12.6 Å². The van der Waals surface area contributed by atoms with Gasteiger partial charge in [-0.1, -0.05) is 30.5 Å². The lowest BCUT2D eigenvalue weighted by Gasteiger charge is -2.23. The van der Waals surface area contributed by atoms with E-state index in [0.717, 1.165) is 18.4 Å². The fourth-order valence-electron chi connectivity index (χ4n) is 2.68. The maximum absolute atomic E-state index is 12.3. The molecule has 1 unspecified atom stereocenters. The van der Waals surface area contributed by atoms with Crippen LogP contribution in [0.3, 0.4) is 0 Å². The summed E-state index contributed by atoms with van der Waals surface area (Å²) in [6.45, 7) is 2.29. The maximum atomic E-state index is 12.3.